The van der Waals surface area contributed by atoms with Crippen molar-refractivity contribution in [3.05, 3.63) is 224 Å². The Kier molecular flexibility index (Phi) is 7.69. The molecule has 0 radical (unpaired) electrons. The second-order valence-corrected chi connectivity index (χ2v) is 16.4. The second kappa shape index (κ2) is 17.1. The van der Waals surface area contributed by atoms with Crippen molar-refractivity contribution in [2.24, 2.45) is 0 Å². The fraction of sp³-hybridized carbons (Fsp3) is 0.0847. The fourth-order valence-electron chi connectivity index (χ4n) is 8.32. The minimum atomic E-state index is -2.43. The van der Waals surface area contributed by atoms with Crippen molar-refractivity contribution in [1.29, 1.82) is 0 Å². The molecule has 0 bridgehead atoms. The van der Waals surface area contributed by atoms with Gasteiger partial charge < -0.3 is 19.1 Å². The summed E-state index contributed by atoms with van der Waals surface area (Å²) >= 11 is 0. The quantitative estimate of drug-likeness (QED) is 0.142. The molecule has 0 atom stereocenters. The number of aromatic nitrogens is 2. The van der Waals surface area contributed by atoms with E-state index < -0.39 is 72.7 Å². The van der Waals surface area contributed by atoms with Crippen LogP contribution < -0.4 is 14.5 Å². The van der Waals surface area contributed by atoms with E-state index in [4.69, 9.17) is 27.5 Å². The van der Waals surface area contributed by atoms with E-state index >= 15 is 0 Å². The molecular formula is C59H45N4OPt-3. The van der Waals surface area contributed by atoms with Crippen LogP contribution in [0.25, 0.3) is 61.0 Å². The SMILES string of the molecule is [2H]c1c([2H])c([2H])c(-c2cccc(-c3c([2H])c([2H])c([2H])c([2H])c3[2H])c2N2[CH-]N(c3[c-]c(Oc4[c-]c5c(cc4)c4ccccc4n5-c4cc(-c5ccccc5)c(C([2H])([2H])[2H])cn4)cc(C(C)(C)C)c3)c3ccccc32)c([2H])c1[2H].[Pt]. The van der Waals surface area contributed by atoms with E-state index in [2.05, 4.69) is 32.9 Å². The second-order valence-electron chi connectivity index (χ2n) is 16.4. The predicted molar refractivity (Wildman–Crippen MR) is 264 cm³/mol. The van der Waals surface area contributed by atoms with Gasteiger partial charge in [-0.15, -0.1) is 53.6 Å². The Bertz CT molecular complexity index is 3920. The fourth-order valence-corrected chi connectivity index (χ4v) is 8.32. The van der Waals surface area contributed by atoms with Crippen LogP contribution in [0.1, 0.15) is 49.7 Å². The Morgan fingerprint density at radius 2 is 1.28 bits per heavy atom. The summed E-state index contributed by atoms with van der Waals surface area (Å²) in [5, 5.41) is 1.78. The summed E-state index contributed by atoms with van der Waals surface area (Å²) in [6.45, 7) is 5.52. The van der Waals surface area contributed by atoms with Gasteiger partial charge in [-0.05, 0) is 69.7 Å². The molecule has 0 saturated carbocycles. The van der Waals surface area contributed by atoms with Gasteiger partial charge in [-0.3, -0.25) is 0 Å². The van der Waals surface area contributed by atoms with Crippen LogP contribution in [0.15, 0.2) is 194 Å². The molecule has 320 valence electrons. The summed E-state index contributed by atoms with van der Waals surface area (Å²) < 4.78 is 121. The Labute approximate surface area is 413 Å². The van der Waals surface area contributed by atoms with E-state index in [9.17, 15) is 0 Å². The number of anilines is 4. The smallest absolute Gasteiger partial charge is 0.136 e. The van der Waals surface area contributed by atoms with Gasteiger partial charge in [0.1, 0.15) is 5.82 Å². The third-order valence-corrected chi connectivity index (χ3v) is 11.4. The number of nitrogens with zero attached hydrogens (tertiary/aromatic N) is 4. The summed E-state index contributed by atoms with van der Waals surface area (Å²) in [6.07, 6.45) is 1.42. The number of pyridine rings is 1. The van der Waals surface area contributed by atoms with Gasteiger partial charge in [-0.25, -0.2) is 4.98 Å². The summed E-state index contributed by atoms with van der Waals surface area (Å²) in [5.74, 6) is 1.16. The van der Waals surface area contributed by atoms with Crippen LogP contribution in [0.2, 0.25) is 0 Å². The summed E-state index contributed by atoms with van der Waals surface area (Å²) in [6, 6.07) is 40.4. The Morgan fingerprint density at radius 3 is 1.97 bits per heavy atom. The van der Waals surface area contributed by atoms with Crippen LogP contribution in [-0.4, -0.2) is 9.55 Å². The topological polar surface area (TPSA) is 33.5 Å². The zero-order valence-electron chi connectivity index (χ0n) is 48.3. The minimum Gasteiger partial charge on any atom is -0.509 e. The van der Waals surface area contributed by atoms with Crippen molar-refractivity contribution in [2.45, 2.75) is 33.0 Å². The van der Waals surface area contributed by atoms with Gasteiger partial charge in [0, 0.05) is 76.6 Å². The zero-order chi connectivity index (χ0) is 54.6. The van der Waals surface area contributed by atoms with Crippen molar-refractivity contribution < 1.29 is 43.6 Å². The van der Waals surface area contributed by atoms with Gasteiger partial charge in [0.25, 0.3) is 0 Å². The first kappa shape index (κ1) is 29.3. The molecule has 65 heavy (non-hydrogen) atoms. The van der Waals surface area contributed by atoms with Crippen molar-refractivity contribution in [2.75, 3.05) is 9.80 Å². The van der Waals surface area contributed by atoms with Crippen LogP contribution in [-0.2, 0) is 26.5 Å². The molecule has 6 heteroatoms. The number of aryl methyl sites for hydroxylation is 1. The molecule has 0 N–H and O–H groups in total. The van der Waals surface area contributed by atoms with Crippen LogP contribution in [0, 0.1) is 25.7 Å². The Hall–Kier alpha value is -7.20. The molecule has 10 aromatic rings. The molecule has 1 aliphatic heterocycles. The molecule has 8 aromatic carbocycles. The predicted octanol–water partition coefficient (Wildman–Crippen LogP) is 15.6. The zero-order valence-corrected chi connectivity index (χ0v) is 37.6. The number of hydrogen-bond acceptors (Lipinski definition) is 4. The molecule has 0 fully saturated rings. The van der Waals surface area contributed by atoms with Crippen molar-refractivity contribution in [1.82, 2.24) is 9.55 Å². The number of rotatable bonds is 8. The van der Waals surface area contributed by atoms with Gasteiger partial charge in [0.2, 0.25) is 0 Å². The van der Waals surface area contributed by atoms with Crippen LogP contribution in [0.3, 0.4) is 0 Å². The van der Waals surface area contributed by atoms with Crippen LogP contribution >= 0.6 is 0 Å². The summed E-state index contributed by atoms with van der Waals surface area (Å²) in [4.78, 5) is 8.36. The van der Waals surface area contributed by atoms with Gasteiger partial charge in [0.05, 0.1) is 13.7 Å². The van der Waals surface area contributed by atoms with E-state index in [0.29, 0.717) is 45.5 Å². The molecule has 3 heterocycles. The first-order valence-electron chi connectivity index (χ1n) is 27.2. The van der Waals surface area contributed by atoms with E-state index in [-0.39, 0.29) is 54.6 Å². The van der Waals surface area contributed by atoms with E-state index in [1.807, 2.05) is 113 Å². The first-order chi connectivity index (χ1) is 36.6. The number of para-hydroxylation sites is 4. The number of ether oxygens (including phenoxy) is 1. The molecule has 2 aromatic heterocycles. The molecule has 0 unspecified atom stereocenters. The Morgan fingerprint density at radius 1 is 0.615 bits per heavy atom. The first-order valence-corrected chi connectivity index (χ1v) is 20.7. The maximum absolute atomic E-state index is 9.10. The van der Waals surface area contributed by atoms with Gasteiger partial charge >= 0.3 is 0 Å². The maximum atomic E-state index is 9.10. The normalized spacial score (nSPS) is 15.4. The molecule has 0 spiro atoms. The van der Waals surface area contributed by atoms with Crippen LogP contribution in [0.5, 0.6) is 11.5 Å². The third kappa shape index (κ3) is 7.70. The van der Waals surface area contributed by atoms with Crippen molar-refractivity contribution >= 4 is 44.6 Å². The molecular weight excluding hydrogens is 976 g/mol. The molecule has 11 rings (SSSR count). The maximum Gasteiger partial charge on any atom is 0.136 e. The van der Waals surface area contributed by atoms with Crippen LogP contribution in [0.4, 0.5) is 22.7 Å². The van der Waals surface area contributed by atoms with E-state index in [1.165, 1.54) is 6.20 Å². The third-order valence-electron chi connectivity index (χ3n) is 11.4. The Balaban J connectivity index is 0.00000688. The molecule has 0 amide bonds. The standard InChI is InChI=1S/C59H45N4O.Pt/c1-40-38-60-57(37-52(40)43-23-12-7-13-24-43)63-53-28-15-14-25-50(53)51-32-31-46(36-56(51)63)64-47-34-44(59(2,3)4)33-45(35-47)61-39-62(55-30-17-16-29-54(55)61)58-48(41-19-8-5-9-20-41)26-18-27-49(58)42-21-10-6-11-22-42;/h5-34,37-39H,1-4H3;/q-3;/i1D3,5D,6D,8D,9D,10D,11D,19D,20D,21D,22D;. The average Bonchev–Trinajstić information content (AvgIpc) is 4.18. The summed E-state index contributed by atoms with van der Waals surface area (Å²) in [5.41, 5.74) is 5.19. The molecule has 0 aliphatic carbocycles. The van der Waals surface area contributed by atoms with Crippen molar-refractivity contribution in [3.63, 3.8) is 0 Å². The summed E-state index contributed by atoms with van der Waals surface area (Å²) in [7, 11) is 0. The molecule has 5 nitrogen and oxygen atoms in total. The van der Waals surface area contributed by atoms with Gasteiger partial charge in [0.15, 0.2) is 0 Å². The molecule has 1 aliphatic rings. The average molecular weight is 1030 g/mol. The monoisotopic (exact) mass is 1030 g/mol. The van der Waals surface area contributed by atoms with Gasteiger partial charge in [-0.2, -0.15) is 6.07 Å². The minimum absolute atomic E-state index is 0. The molecule has 0 saturated heterocycles. The van der Waals surface area contributed by atoms with Crippen molar-refractivity contribution in [3.8, 4) is 50.7 Å². The van der Waals surface area contributed by atoms with E-state index in [0.717, 1.165) is 27.4 Å². The number of hydrogen-bond donors (Lipinski definition) is 0. The van der Waals surface area contributed by atoms with Gasteiger partial charge in [-0.1, -0.05) is 166 Å². The van der Waals surface area contributed by atoms with E-state index in [1.54, 1.807) is 35.8 Å². The largest absolute Gasteiger partial charge is 0.509 e. The number of fused-ring (bicyclic) bond motifs is 4. The number of benzene rings is 8.